The lowest BCUT2D eigenvalue weighted by atomic mass is 10.2. The van der Waals surface area contributed by atoms with E-state index in [1.807, 2.05) is 34.9 Å². The van der Waals surface area contributed by atoms with Gasteiger partial charge in [0.2, 0.25) is 0 Å². The van der Waals surface area contributed by atoms with Crippen LogP contribution in [0, 0.1) is 0 Å². The predicted molar refractivity (Wildman–Crippen MR) is 115 cm³/mol. The zero-order valence-corrected chi connectivity index (χ0v) is 17.1. The lowest BCUT2D eigenvalue weighted by molar-refractivity contribution is -0.892. The number of rotatable bonds is 3. The maximum Gasteiger partial charge on any atom is 0.282 e. The Balaban J connectivity index is 1.37. The third kappa shape index (κ3) is 4.28. The maximum atomic E-state index is 13.1. The van der Waals surface area contributed by atoms with Gasteiger partial charge in [-0.1, -0.05) is 19.1 Å². The minimum atomic E-state index is 0.232. The van der Waals surface area contributed by atoms with Gasteiger partial charge in [-0.3, -0.25) is 4.79 Å². The van der Waals surface area contributed by atoms with Crippen LogP contribution >= 0.6 is 11.8 Å². The fraction of sp³-hybridized carbons (Fsp3) is 0.409. The molecule has 2 heterocycles. The molecule has 2 N–H and O–H groups in total. The predicted octanol–water partition coefficient (Wildman–Crippen LogP) is 2.01. The Morgan fingerprint density at radius 1 is 1.11 bits per heavy atom. The van der Waals surface area contributed by atoms with Crippen LogP contribution < -0.4 is 14.7 Å². The molecule has 0 aliphatic carbocycles. The number of piperazine rings is 1. The number of aromatic hydroxyl groups is 1. The van der Waals surface area contributed by atoms with Gasteiger partial charge in [0.25, 0.3) is 5.91 Å². The highest BCUT2D eigenvalue weighted by Gasteiger charge is 2.28. The number of carbonyl (C=O) groups excluding carboxylic acids is 1. The summed E-state index contributed by atoms with van der Waals surface area (Å²) in [6.45, 7) is 7.35. The van der Waals surface area contributed by atoms with Gasteiger partial charge in [0.05, 0.1) is 31.9 Å². The Morgan fingerprint density at radius 2 is 1.82 bits per heavy atom. The fourth-order valence-corrected chi connectivity index (χ4v) is 5.09. The number of hydrogen-bond donors (Lipinski definition) is 2. The highest BCUT2D eigenvalue weighted by atomic mass is 32.2. The molecule has 0 unspecified atom stereocenters. The number of para-hydroxylation sites is 1. The van der Waals surface area contributed by atoms with Crippen LogP contribution in [-0.2, 0) is 4.79 Å². The Labute approximate surface area is 170 Å². The molecule has 28 heavy (non-hydrogen) atoms. The quantitative estimate of drug-likeness (QED) is 0.831. The van der Waals surface area contributed by atoms with Gasteiger partial charge in [0.1, 0.15) is 5.75 Å². The van der Waals surface area contributed by atoms with Crippen LogP contribution in [0.4, 0.5) is 11.4 Å². The second kappa shape index (κ2) is 8.45. The lowest BCUT2D eigenvalue weighted by Gasteiger charge is -2.34. The summed E-state index contributed by atoms with van der Waals surface area (Å²) in [4.78, 5) is 20.0. The first-order valence-electron chi connectivity index (χ1n) is 10.0. The van der Waals surface area contributed by atoms with E-state index in [2.05, 4.69) is 30.0 Å². The van der Waals surface area contributed by atoms with Crippen LogP contribution in [0.3, 0.4) is 0 Å². The molecule has 1 saturated heterocycles. The van der Waals surface area contributed by atoms with Crippen molar-refractivity contribution in [2.45, 2.75) is 23.5 Å². The third-order valence-electron chi connectivity index (χ3n) is 5.63. The smallest absolute Gasteiger partial charge is 0.282 e. The standard InChI is InChI=1S/C22H27N3O2S/c1-17-10-11-25(20-4-2-3-5-21(20)28-17)22(27)16-23-12-14-24(15-13-23)18-6-8-19(26)9-7-18/h2-9,17,26H,10-16H2,1H3/p+1/t17-/m0/s1. The average molecular weight is 399 g/mol. The fourth-order valence-electron chi connectivity index (χ4n) is 3.98. The van der Waals surface area contributed by atoms with E-state index in [1.165, 1.54) is 9.80 Å². The van der Waals surface area contributed by atoms with Crippen LogP contribution in [0.5, 0.6) is 5.75 Å². The first-order valence-corrected chi connectivity index (χ1v) is 10.9. The molecule has 0 bridgehead atoms. The molecule has 148 valence electrons. The number of hydrogen-bond acceptors (Lipinski definition) is 4. The van der Waals surface area contributed by atoms with Crippen LogP contribution in [0.15, 0.2) is 53.4 Å². The normalized spacial score (nSPS) is 20.5. The molecule has 1 atom stereocenters. The Morgan fingerprint density at radius 3 is 2.57 bits per heavy atom. The van der Waals surface area contributed by atoms with Gasteiger partial charge in [-0.25, -0.2) is 0 Å². The Bertz CT molecular complexity index is 819. The first-order chi connectivity index (χ1) is 13.6. The van der Waals surface area contributed by atoms with E-state index < -0.39 is 0 Å². The number of phenols is 1. The van der Waals surface area contributed by atoms with Crippen LogP contribution in [0.2, 0.25) is 0 Å². The number of carbonyl (C=O) groups is 1. The summed E-state index contributed by atoms with van der Waals surface area (Å²) in [5, 5.41) is 9.99. The second-order valence-corrected chi connectivity index (χ2v) is 9.14. The molecule has 0 spiro atoms. The molecular weight excluding hydrogens is 370 g/mol. The summed E-state index contributed by atoms with van der Waals surface area (Å²) < 4.78 is 0. The molecule has 0 saturated carbocycles. The minimum absolute atomic E-state index is 0.232. The lowest BCUT2D eigenvalue weighted by Crippen LogP contribution is -3.16. The van der Waals surface area contributed by atoms with Gasteiger partial charge in [-0.15, -0.1) is 11.8 Å². The van der Waals surface area contributed by atoms with E-state index in [0.29, 0.717) is 17.5 Å². The van der Waals surface area contributed by atoms with E-state index in [0.717, 1.165) is 50.5 Å². The van der Waals surface area contributed by atoms with Gasteiger partial charge in [0.15, 0.2) is 6.54 Å². The number of quaternary nitrogens is 1. The highest BCUT2D eigenvalue weighted by molar-refractivity contribution is 8.00. The zero-order valence-electron chi connectivity index (χ0n) is 16.3. The topological polar surface area (TPSA) is 48.2 Å². The van der Waals surface area contributed by atoms with E-state index >= 15 is 0 Å². The number of nitrogens with zero attached hydrogens (tertiary/aromatic N) is 2. The molecule has 0 aromatic heterocycles. The van der Waals surface area contributed by atoms with Crippen molar-refractivity contribution >= 4 is 29.0 Å². The van der Waals surface area contributed by atoms with Crippen LogP contribution in [0.25, 0.3) is 0 Å². The zero-order chi connectivity index (χ0) is 19.5. The Kier molecular flexibility index (Phi) is 5.78. The molecule has 0 radical (unpaired) electrons. The number of phenolic OH excluding ortho intramolecular Hbond substituents is 1. The first kappa shape index (κ1) is 19.2. The molecule has 1 amide bonds. The molecule has 2 aliphatic rings. The van der Waals surface area contributed by atoms with Crippen molar-refractivity contribution in [1.29, 1.82) is 0 Å². The Hall–Kier alpha value is -2.18. The summed E-state index contributed by atoms with van der Waals surface area (Å²) in [6, 6.07) is 15.7. The molecule has 6 heteroatoms. The van der Waals surface area contributed by atoms with Gasteiger partial charge in [-0.2, -0.15) is 0 Å². The summed E-state index contributed by atoms with van der Waals surface area (Å²) in [6.07, 6.45) is 1.02. The molecule has 5 nitrogen and oxygen atoms in total. The average Bonchev–Trinajstić information content (AvgIpc) is 2.87. The van der Waals surface area contributed by atoms with E-state index in [9.17, 15) is 9.90 Å². The highest BCUT2D eigenvalue weighted by Crippen LogP contribution is 2.37. The molecule has 2 aliphatic heterocycles. The molecular formula is C22H28N3O2S+. The van der Waals surface area contributed by atoms with Crippen LogP contribution in [0.1, 0.15) is 13.3 Å². The SMILES string of the molecule is C[C@H]1CCN(C(=O)C[NH+]2CCN(c3ccc(O)cc3)CC2)c2ccccc2S1. The van der Waals surface area contributed by atoms with E-state index in [4.69, 9.17) is 0 Å². The second-order valence-electron chi connectivity index (χ2n) is 7.66. The summed E-state index contributed by atoms with van der Waals surface area (Å²) >= 11 is 1.87. The maximum absolute atomic E-state index is 13.1. The van der Waals surface area contributed by atoms with E-state index in [1.54, 1.807) is 12.1 Å². The van der Waals surface area contributed by atoms with Crippen molar-refractivity contribution in [3.05, 3.63) is 48.5 Å². The molecule has 2 aromatic rings. The number of fused-ring (bicyclic) bond motifs is 1. The van der Waals surface area contributed by atoms with Crippen molar-refractivity contribution in [2.24, 2.45) is 0 Å². The summed E-state index contributed by atoms with van der Waals surface area (Å²) in [5.74, 6) is 0.527. The van der Waals surface area contributed by atoms with Crippen molar-refractivity contribution in [3.63, 3.8) is 0 Å². The summed E-state index contributed by atoms with van der Waals surface area (Å²) in [5.41, 5.74) is 2.21. The largest absolute Gasteiger partial charge is 0.508 e. The minimum Gasteiger partial charge on any atom is -0.508 e. The van der Waals surface area contributed by atoms with Gasteiger partial charge in [0, 0.05) is 22.4 Å². The van der Waals surface area contributed by atoms with Crippen LogP contribution in [-0.4, -0.2) is 55.5 Å². The monoisotopic (exact) mass is 398 g/mol. The van der Waals surface area contributed by atoms with Crippen molar-refractivity contribution in [3.8, 4) is 5.75 Å². The molecule has 4 rings (SSSR count). The van der Waals surface area contributed by atoms with E-state index in [-0.39, 0.29) is 5.91 Å². The van der Waals surface area contributed by atoms with Gasteiger partial charge in [-0.05, 0) is 42.8 Å². The number of thioether (sulfide) groups is 1. The molecule has 1 fully saturated rings. The van der Waals surface area contributed by atoms with Crippen molar-refractivity contribution in [2.75, 3.05) is 49.1 Å². The van der Waals surface area contributed by atoms with Crippen molar-refractivity contribution in [1.82, 2.24) is 0 Å². The number of benzene rings is 2. The van der Waals surface area contributed by atoms with Crippen molar-refractivity contribution < 1.29 is 14.8 Å². The molecule has 2 aromatic carbocycles. The third-order valence-corrected chi connectivity index (χ3v) is 6.87. The number of amides is 1. The van der Waals surface area contributed by atoms with Gasteiger partial charge < -0.3 is 19.8 Å². The van der Waals surface area contributed by atoms with Gasteiger partial charge >= 0.3 is 0 Å². The number of anilines is 2. The number of nitrogens with one attached hydrogen (secondary N) is 1. The summed E-state index contributed by atoms with van der Waals surface area (Å²) in [7, 11) is 0.